The van der Waals surface area contributed by atoms with Crippen molar-refractivity contribution in [2.75, 3.05) is 20.2 Å². The smallest absolute Gasteiger partial charge is 0.148 e. The molecule has 118 valence electrons. The zero-order valence-corrected chi connectivity index (χ0v) is 13.2. The van der Waals surface area contributed by atoms with Gasteiger partial charge in [0.2, 0.25) is 0 Å². The van der Waals surface area contributed by atoms with Crippen molar-refractivity contribution in [3.63, 3.8) is 0 Å². The van der Waals surface area contributed by atoms with Gasteiger partial charge in [-0.25, -0.2) is 0 Å². The first kappa shape index (κ1) is 14.2. The van der Waals surface area contributed by atoms with Crippen molar-refractivity contribution in [1.29, 1.82) is 0 Å². The first-order valence-corrected chi connectivity index (χ1v) is 8.00. The van der Waals surface area contributed by atoms with Crippen LogP contribution in [0.1, 0.15) is 29.5 Å². The van der Waals surface area contributed by atoms with E-state index in [9.17, 15) is 10.2 Å². The molecule has 0 radical (unpaired) electrons. The molecule has 1 aliphatic carbocycles. The fourth-order valence-electron chi connectivity index (χ4n) is 4.55. The zero-order valence-electron chi connectivity index (χ0n) is 13.2. The number of aliphatic hydroxyl groups excluding tert-OH is 2. The Hall–Kier alpha value is -1.36. The molecule has 3 atom stereocenters. The van der Waals surface area contributed by atoms with Gasteiger partial charge in [-0.05, 0) is 38.1 Å². The van der Waals surface area contributed by atoms with Gasteiger partial charge >= 0.3 is 0 Å². The van der Waals surface area contributed by atoms with E-state index >= 15 is 0 Å². The highest BCUT2D eigenvalue weighted by molar-refractivity contribution is 5.60. The van der Waals surface area contributed by atoms with E-state index in [1.807, 2.05) is 6.08 Å². The molecule has 2 aliphatic heterocycles. The summed E-state index contributed by atoms with van der Waals surface area (Å²) >= 11 is 0. The fraction of sp³-hybridized carbons (Fsp3) is 0.556. The molecule has 4 nitrogen and oxygen atoms in total. The molecule has 0 saturated carbocycles. The number of nitrogens with zero attached hydrogens (tertiary/aromatic N) is 1. The van der Waals surface area contributed by atoms with Gasteiger partial charge in [0.1, 0.15) is 11.4 Å². The van der Waals surface area contributed by atoms with E-state index in [4.69, 9.17) is 4.74 Å². The molecule has 3 aliphatic rings. The molecule has 1 aromatic rings. The molecule has 0 saturated heterocycles. The lowest BCUT2D eigenvalue weighted by atomic mass is 9.61. The molecule has 4 rings (SSSR count). The number of aliphatic hydroxyl groups is 2. The van der Waals surface area contributed by atoms with E-state index in [1.54, 1.807) is 0 Å². The average Bonchev–Trinajstić information content (AvgIpc) is 2.71. The zero-order chi connectivity index (χ0) is 15.5. The summed E-state index contributed by atoms with van der Waals surface area (Å²) < 4.78 is 6.37. The normalized spacial score (nSPS) is 36.5. The van der Waals surface area contributed by atoms with Gasteiger partial charge in [0.15, 0.2) is 0 Å². The maximum absolute atomic E-state index is 10.2. The summed E-state index contributed by atoms with van der Waals surface area (Å²) in [5.74, 6) is 0.917. The van der Waals surface area contributed by atoms with Crippen LogP contribution in [0, 0.1) is 6.92 Å². The van der Waals surface area contributed by atoms with Crippen LogP contribution in [-0.4, -0.2) is 47.0 Å². The van der Waals surface area contributed by atoms with Crippen LogP contribution in [0.15, 0.2) is 24.3 Å². The van der Waals surface area contributed by atoms with Gasteiger partial charge in [-0.1, -0.05) is 24.3 Å². The van der Waals surface area contributed by atoms with Gasteiger partial charge in [0.05, 0.1) is 18.1 Å². The molecule has 2 N–H and O–H groups in total. The first-order valence-electron chi connectivity index (χ1n) is 8.00. The molecule has 1 aromatic carbocycles. The monoisotopic (exact) mass is 301 g/mol. The van der Waals surface area contributed by atoms with Gasteiger partial charge < -0.3 is 19.8 Å². The van der Waals surface area contributed by atoms with Crippen LogP contribution in [0.3, 0.4) is 0 Å². The topological polar surface area (TPSA) is 52.9 Å². The summed E-state index contributed by atoms with van der Waals surface area (Å²) in [4.78, 5) is 2.32. The quantitative estimate of drug-likeness (QED) is 0.772. The maximum atomic E-state index is 10.2. The summed E-state index contributed by atoms with van der Waals surface area (Å²) in [7, 11) is 2.13. The molecule has 2 heterocycles. The summed E-state index contributed by atoms with van der Waals surface area (Å²) in [6.07, 6.45) is 4.76. The Morgan fingerprint density at radius 2 is 2.23 bits per heavy atom. The standard InChI is InChI=1S/C18H23NO3/c1-12-3-4-13-10-19(2)8-7-17-6-5-14(21)9-18(17,11-20)22-16(12)15(13)17/h3-6,14,20-21H,7-11H2,1-2H3/t14?,17-,18-/m1/s1. The van der Waals surface area contributed by atoms with E-state index in [0.717, 1.165) is 30.8 Å². The molecule has 0 amide bonds. The van der Waals surface area contributed by atoms with Gasteiger partial charge in [0, 0.05) is 18.5 Å². The van der Waals surface area contributed by atoms with Gasteiger partial charge in [-0.3, -0.25) is 0 Å². The third kappa shape index (κ3) is 1.63. The summed E-state index contributed by atoms with van der Waals surface area (Å²) in [5.41, 5.74) is 2.54. The van der Waals surface area contributed by atoms with Gasteiger partial charge in [-0.2, -0.15) is 0 Å². The Balaban J connectivity index is 2.02. The fourth-order valence-corrected chi connectivity index (χ4v) is 4.55. The van der Waals surface area contributed by atoms with Gasteiger partial charge in [-0.15, -0.1) is 0 Å². The molecular formula is C18H23NO3. The second-order valence-corrected chi connectivity index (χ2v) is 7.09. The predicted octanol–water partition coefficient (Wildman–Crippen LogP) is 1.51. The molecule has 0 bridgehead atoms. The summed E-state index contributed by atoms with van der Waals surface area (Å²) in [6.45, 7) is 3.82. The van der Waals surface area contributed by atoms with Crippen molar-refractivity contribution in [2.45, 2.75) is 43.4 Å². The number of hydrogen-bond acceptors (Lipinski definition) is 4. The average molecular weight is 301 g/mol. The van der Waals surface area contributed by atoms with Crippen molar-refractivity contribution >= 4 is 0 Å². The lowest BCUT2D eigenvalue weighted by molar-refractivity contribution is -0.0546. The highest BCUT2D eigenvalue weighted by atomic mass is 16.5. The van der Waals surface area contributed by atoms with E-state index in [1.165, 1.54) is 11.1 Å². The summed E-state index contributed by atoms with van der Waals surface area (Å²) in [6, 6.07) is 4.29. The lowest BCUT2D eigenvalue weighted by Crippen LogP contribution is -2.57. The molecule has 1 spiro atoms. The first-order chi connectivity index (χ1) is 10.5. The van der Waals surface area contributed by atoms with E-state index in [2.05, 4.69) is 37.1 Å². The number of benzene rings is 1. The largest absolute Gasteiger partial charge is 0.483 e. The van der Waals surface area contributed by atoms with Crippen molar-refractivity contribution in [2.24, 2.45) is 0 Å². The molecule has 22 heavy (non-hydrogen) atoms. The predicted molar refractivity (Wildman–Crippen MR) is 84.0 cm³/mol. The van der Waals surface area contributed by atoms with Crippen LogP contribution in [0.25, 0.3) is 0 Å². The SMILES string of the molecule is Cc1ccc2c3c1O[C@@]1(CO)CC(O)C=C[C@@]31CCN(C)C2. The summed E-state index contributed by atoms with van der Waals surface area (Å²) in [5, 5.41) is 20.4. The number of hydrogen-bond donors (Lipinski definition) is 2. The Morgan fingerprint density at radius 1 is 1.41 bits per heavy atom. The third-order valence-corrected chi connectivity index (χ3v) is 5.72. The van der Waals surface area contributed by atoms with Crippen molar-refractivity contribution in [3.05, 3.63) is 41.0 Å². The van der Waals surface area contributed by atoms with E-state index < -0.39 is 11.7 Å². The van der Waals surface area contributed by atoms with Crippen LogP contribution >= 0.6 is 0 Å². The van der Waals surface area contributed by atoms with E-state index in [0.29, 0.717) is 6.42 Å². The third-order valence-electron chi connectivity index (χ3n) is 5.72. The Kier molecular flexibility index (Phi) is 2.96. The number of rotatable bonds is 1. The Bertz CT molecular complexity index is 656. The highest BCUT2D eigenvalue weighted by Crippen LogP contribution is 2.58. The molecule has 1 unspecified atom stereocenters. The maximum Gasteiger partial charge on any atom is 0.148 e. The van der Waals surface area contributed by atoms with E-state index in [-0.39, 0.29) is 12.0 Å². The molecule has 0 aromatic heterocycles. The number of ether oxygens (including phenoxy) is 1. The molecule has 4 heteroatoms. The Labute approximate surface area is 131 Å². The Morgan fingerprint density at radius 3 is 3.00 bits per heavy atom. The van der Waals surface area contributed by atoms with Crippen molar-refractivity contribution in [3.8, 4) is 5.75 Å². The number of aryl methyl sites for hydroxylation is 1. The van der Waals surface area contributed by atoms with Crippen molar-refractivity contribution < 1.29 is 14.9 Å². The molecular weight excluding hydrogens is 278 g/mol. The lowest BCUT2D eigenvalue weighted by Gasteiger charge is -2.45. The minimum atomic E-state index is -0.741. The van der Waals surface area contributed by atoms with Crippen molar-refractivity contribution in [1.82, 2.24) is 4.90 Å². The van der Waals surface area contributed by atoms with Crippen LogP contribution in [0.4, 0.5) is 0 Å². The van der Waals surface area contributed by atoms with Crippen LogP contribution in [-0.2, 0) is 12.0 Å². The van der Waals surface area contributed by atoms with Crippen LogP contribution in [0.2, 0.25) is 0 Å². The van der Waals surface area contributed by atoms with Crippen LogP contribution in [0.5, 0.6) is 5.75 Å². The minimum Gasteiger partial charge on any atom is -0.483 e. The minimum absolute atomic E-state index is 0.0777. The molecule has 0 fully saturated rings. The second-order valence-electron chi connectivity index (χ2n) is 7.09. The second kappa shape index (κ2) is 4.57. The van der Waals surface area contributed by atoms with Gasteiger partial charge in [0.25, 0.3) is 0 Å². The highest BCUT2D eigenvalue weighted by Gasteiger charge is 2.62. The van der Waals surface area contributed by atoms with Crippen LogP contribution < -0.4 is 4.74 Å².